The number of benzene rings is 1. The summed E-state index contributed by atoms with van der Waals surface area (Å²) >= 11 is 3.48. The van der Waals surface area contributed by atoms with Crippen molar-refractivity contribution in [3.63, 3.8) is 0 Å². The van der Waals surface area contributed by atoms with Gasteiger partial charge >= 0.3 is 6.15 Å². The minimum Gasteiger partial charge on any atom is -0.186 e. The highest BCUT2D eigenvalue weighted by Crippen LogP contribution is 2.24. The van der Waals surface area contributed by atoms with Crippen molar-refractivity contribution in [2.45, 2.75) is 34.1 Å². The maximum Gasteiger partial charge on any atom is 0.373 e. The topological polar surface area (TPSA) is 34.1 Å². The lowest BCUT2D eigenvalue weighted by Crippen LogP contribution is -2.10. The maximum absolute atomic E-state index is 8.12. The van der Waals surface area contributed by atoms with Crippen LogP contribution in [0.15, 0.2) is 22.7 Å². The third-order valence-corrected chi connectivity index (χ3v) is 2.52. The largest absolute Gasteiger partial charge is 0.373 e. The average Bonchev–Trinajstić information content (AvgIpc) is 2.09. The summed E-state index contributed by atoms with van der Waals surface area (Å²) in [7, 11) is 0. The third kappa shape index (κ3) is 6.54. The number of hydrogen-bond donors (Lipinski definition) is 0. The van der Waals surface area contributed by atoms with E-state index in [9.17, 15) is 0 Å². The standard InChI is InChI=1S/C12H17Br.CO2/c1-9-7-11(13)6-5-10(9)8-12(2,3)4;2-1-3/h5-7H,8H2,1-4H3;. The van der Waals surface area contributed by atoms with E-state index >= 15 is 0 Å². The normalized spacial score (nSPS) is 10.1. The Kier molecular flexibility index (Phi) is 6.24. The summed E-state index contributed by atoms with van der Waals surface area (Å²) in [5.41, 5.74) is 3.21. The number of carbonyl (C=O) groups excluding carboxylic acids is 2. The third-order valence-electron chi connectivity index (χ3n) is 2.03. The molecule has 0 atom stereocenters. The minimum absolute atomic E-state index is 0.250. The molecule has 0 aliphatic heterocycles. The van der Waals surface area contributed by atoms with Gasteiger partial charge in [-0.05, 0) is 42.0 Å². The van der Waals surface area contributed by atoms with E-state index in [1.54, 1.807) is 0 Å². The predicted octanol–water partition coefficient (Wildman–Crippen LogP) is 3.76. The van der Waals surface area contributed by atoms with Gasteiger partial charge in [0.2, 0.25) is 0 Å². The molecule has 0 N–H and O–H groups in total. The van der Waals surface area contributed by atoms with Crippen molar-refractivity contribution < 1.29 is 9.59 Å². The molecule has 0 unspecified atom stereocenters. The molecule has 0 aliphatic rings. The van der Waals surface area contributed by atoms with Crippen LogP contribution in [0.25, 0.3) is 0 Å². The monoisotopic (exact) mass is 284 g/mol. The molecule has 0 aliphatic carbocycles. The lowest BCUT2D eigenvalue weighted by molar-refractivity contribution is -0.191. The molecule has 0 radical (unpaired) electrons. The SMILES string of the molecule is Cc1cc(Br)ccc1CC(C)(C)C.O=C=O. The maximum atomic E-state index is 8.12. The second-order valence-corrected chi connectivity index (χ2v) is 5.81. The molecule has 0 heterocycles. The molecule has 3 heteroatoms. The van der Waals surface area contributed by atoms with Gasteiger partial charge in [-0.2, -0.15) is 9.59 Å². The van der Waals surface area contributed by atoms with Gasteiger partial charge in [0, 0.05) is 4.47 Å². The molecular formula is C13H17BrO2. The second kappa shape index (κ2) is 6.62. The van der Waals surface area contributed by atoms with E-state index in [1.807, 2.05) is 0 Å². The van der Waals surface area contributed by atoms with Gasteiger partial charge < -0.3 is 0 Å². The summed E-state index contributed by atoms with van der Waals surface area (Å²) in [4.78, 5) is 16.2. The van der Waals surface area contributed by atoms with Gasteiger partial charge in [0.05, 0.1) is 0 Å². The van der Waals surface area contributed by atoms with E-state index in [0.29, 0.717) is 5.41 Å². The second-order valence-electron chi connectivity index (χ2n) is 4.89. The molecular weight excluding hydrogens is 268 g/mol. The van der Waals surface area contributed by atoms with Crippen molar-refractivity contribution in [1.82, 2.24) is 0 Å². The van der Waals surface area contributed by atoms with E-state index in [0.717, 1.165) is 6.42 Å². The Labute approximate surface area is 105 Å². The summed E-state index contributed by atoms with van der Waals surface area (Å²) in [6, 6.07) is 6.51. The number of hydrogen-bond acceptors (Lipinski definition) is 2. The van der Waals surface area contributed by atoms with E-state index in [-0.39, 0.29) is 6.15 Å². The van der Waals surface area contributed by atoms with Gasteiger partial charge in [0.15, 0.2) is 0 Å². The molecule has 0 saturated carbocycles. The van der Waals surface area contributed by atoms with Gasteiger partial charge in [0.1, 0.15) is 0 Å². The molecule has 0 bridgehead atoms. The molecule has 0 spiro atoms. The van der Waals surface area contributed by atoms with Crippen LogP contribution >= 0.6 is 15.9 Å². The molecule has 16 heavy (non-hydrogen) atoms. The van der Waals surface area contributed by atoms with Crippen molar-refractivity contribution in [3.05, 3.63) is 33.8 Å². The van der Waals surface area contributed by atoms with E-state index in [4.69, 9.17) is 9.59 Å². The zero-order chi connectivity index (χ0) is 12.8. The van der Waals surface area contributed by atoms with Crippen LogP contribution in [0.3, 0.4) is 0 Å². The predicted molar refractivity (Wildman–Crippen MR) is 67.0 cm³/mol. The first kappa shape index (κ1) is 15.1. The molecule has 1 aromatic carbocycles. The van der Waals surface area contributed by atoms with E-state index < -0.39 is 0 Å². The van der Waals surface area contributed by atoms with Crippen LogP contribution in [0.5, 0.6) is 0 Å². The smallest absolute Gasteiger partial charge is 0.186 e. The van der Waals surface area contributed by atoms with Gasteiger partial charge in [-0.15, -0.1) is 0 Å². The van der Waals surface area contributed by atoms with Crippen LogP contribution in [-0.4, -0.2) is 6.15 Å². The Balaban J connectivity index is 0.000000673. The Morgan fingerprint density at radius 2 is 1.75 bits per heavy atom. The summed E-state index contributed by atoms with van der Waals surface area (Å²) in [6.45, 7) is 8.99. The molecule has 1 aromatic rings. The van der Waals surface area contributed by atoms with Crippen LogP contribution < -0.4 is 0 Å². The fourth-order valence-electron chi connectivity index (χ4n) is 1.43. The molecule has 0 amide bonds. The summed E-state index contributed by atoms with van der Waals surface area (Å²) in [5.74, 6) is 0. The Bertz CT molecular complexity index is 372. The van der Waals surface area contributed by atoms with Crippen LogP contribution in [0.4, 0.5) is 0 Å². The minimum atomic E-state index is 0.250. The van der Waals surface area contributed by atoms with Gasteiger partial charge in [-0.1, -0.05) is 42.8 Å². The molecule has 0 saturated heterocycles. The summed E-state index contributed by atoms with van der Waals surface area (Å²) < 4.78 is 1.17. The Morgan fingerprint density at radius 1 is 1.25 bits per heavy atom. The highest BCUT2D eigenvalue weighted by molar-refractivity contribution is 9.10. The van der Waals surface area contributed by atoms with Crippen LogP contribution in [0, 0.1) is 12.3 Å². The van der Waals surface area contributed by atoms with Crippen LogP contribution in [0.1, 0.15) is 31.9 Å². The van der Waals surface area contributed by atoms with E-state index in [2.05, 4.69) is 61.8 Å². The average molecular weight is 285 g/mol. The van der Waals surface area contributed by atoms with Gasteiger partial charge in [-0.3, -0.25) is 0 Å². The molecule has 0 aromatic heterocycles. The first-order valence-electron chi connectivity index (χ1n) is 5.04. The van der Waals surface area contributed by atoms with Crippen molar-refractivity contribution in [2.24, 2.45) is 5.41 Å². The Morgan fingerprint density at radius 3 is 2.12 bits per heavy atom. The van der Waals surface area contributed by atoms with Crippen molar-refractivity contribution >= 4 is 22.1 Å². The van der Waals surface area contributed by atoms with Crippen molar-refractivity contribution in [2.75, 3.05) is 0 Å². The van der Waals surface area contributed by atoms with Crippen LogP contribution in [0.2, 0.25) is 0 Å². The Hall–Kier alpha value is -0.920. The number of aryl methyl sites for hydroxylation is 1. The first-order chi connectivity index (χ1) is 7.30. The lowest BCUT2D eigenvalue weighted by Gasteiger charge is -2.19. The molecule has 1 rings (SSSR count). The quantitative estimate of drug-likeness (QED) is 0.787. The molecule has 0 fully saturated rings. The molecule has 88 valence electrons. The fraction of sp³-hybridized carbons (Fsp3) is 0.462. The van der Waals surface area contributed by atoms with E-state index in [1.165, 1.54) is 15.6 Å². The van der Waals surface area contributed by atoms with Crippen LogP contribution in [-0.2, 0) is 16.0 Å². The number of rotatable bonds is 1. The summed E-state index contributed by atoms with van der Waals surface area (Å²) in [5, 5.41) is 0. The highest BCUT2D eigenvalue weighted by Gasteiger charge is 2.12. The zero-order valence-electron chi connectivity index (χ0n) is 10.1. The molecule has 2 nitrogen and oxygen atoms in total. The number of halogens is 1. The first-order valence-corrected chi connectivity index (χ1v) is 5.84. The summed E-state index contributed by atoms with van der Waals surface area (Å²) in [6.07, 6.45) is 1.39. The van der Waals surface area contributed by atoms with Crippen molar-refractivity contribution in [1.29, 1.82) is 0 Å². The fourth-order valence-corrected chi connectivity index (χ4v) is 1.90. The van der Waals surface area contributed by atoms with Gasteiger partial charge in [-0.25, -0.2) is 0 Å². The zero-order valence-corrected chi connectivity index (χ0v) is 11.7. The van der Waals surface area contributed by atoms with Crippen molar-refractivity contribution in [3.8, 4) is 0 Å². The lowest BCUT2D eigenvalue weighted by atomic mass is 9.86. The van der Waals surface area contributed by atoms with Gasteiger partial charge in [0.25, 0.3) is 0 Å². The highest BCUT2D eigenvalue weighted by atomic mass is 79.9.